The molecule has 176 valence electrons. The van der Waals surface area contributed by atoms with Gasteiger partial charge in [-0.25, -0.2) is 0 Å². The molecule has 3 N–H and O–H groups in total. The van der Waals surface area contributed by atoms with Crippen LogP contribution in [0.15, 0.2) is 36.4 Å². The first-order valence-corrected chi connectivity index (χ1v) is 12.0. The number of fused-ring (bicyclic) bond motifs is 1. The van der Waals surface area contributed by atoms with Crippen LogP contribution in [0.4, 0.5) is 0 Å². The fourth-order valence-electron chi connectivity index (χ4n) is 5.24. The second-order valence-electron chi connectivity index (χ2n) is 9.11. The predicted octanol–water partition coefficient (Wildman–Crippen LogP) is 3.07. The number of benzene rings is 2. The van der Waals surface area contributed by atoms with Gasteiger partial charge in [0.05, 0.1) is 19.2 Å². The van der Waals surface area contributed by atoms with E-state index in [1.165, 1.54) is 5.56 Å². The van der Waals surface area contributed by atoms with Crippen LogP contribution in [-0.2, 0) is 20.7 Å². The quantitative estimate of drug-likeness (QED) is 0.366. The fourth-order valence-corrected chi connectivity index (χ4v) is 5.24. The molecule has 2 aliphatic heterocycles. The number of nitrogens with one attached hydrogen (secondary N) is 1. The van der Waals surface area contributed by atoms with Gasteiger partial charge in [0.25, 0.3) is 0 Å². The highest BCUT2D eigenvalue weighted by Crippen LogP contribution is 2.27. The summed E-state index contributed by atoms with van der Waals surface area (Å²) in [7, 11) is 0. The molecule has 2 atom stereocenters. The summed E-state index contributed by atoms with van der Waals surface area (Å²) in [4.78, 5) is 29.4. The van der Waals surface area contributed by atoms with Gasteiger partial charge in [-0.05, 0) is 74.4 Å². The maximum absolute atomic E-state index is 13.4. The van der Waals surface area contributed by atoms with Crippen LogP contribution in [0.2, 0.25) is 0 Å². The number of amidine groups is 1. The van der Waals surface area contributed by atoms with Crippen molar-refractivity contribution in [1.82, 2.24) is 9.80 Å². The number of nitrogens with two attached hydrogens (primary N) is 1. The molecular formula is C26H34N4O3. The van der Waals surface area contributed by atoms with Gasteiger partial charge < -0.3 is 15.4 Å². The predicted molar refractivity (Wildman–Crippen MR) is 129 cm³/mol. The molecule has 7 heteroatoms. The van der Waals surface area contributed by atoms with E-state index in [0.717, 1.165) is 68.0 Å². The molecule has 2 saturated heterocycles. The molecule has 0 unspecified atom stereocenters. The highest BCUT2D eigenvalue weighted by molar-refractivity contribution is 5.99. The van der Waals surface area contributed by atoms with E-state index < -0.39 is 0 Å². The lowest BCUT2D eigenvalue weighted by molar-refractivity contribution is -0.146. The normalized spacial score (nSPS) is 20.9. The van der Waals surface area contributed by atoms with Gasteiger partial charge in [-0.1, -0.05) is 30.3 Å². The van der Waals surface area contributed by atoms with Crippen molar-refractivity contribution in [1.29, 1.82) is 5.41 Å². The van der Waals surface area contributed by atoms with Crippen molar-refractivity contribution in [3.63, 3.8) is 0 Å². The molecule has 0 saturated carbocycles. The van der Waals surface area contributed by atoms with Gasteiger partial charge in [-0.3, -0.25) is 19.9 Å². The Morgan fingerprint density at radius 2 is 1.88 bits per heavy atom. The second-order valence-corrected chi connectivity index (χ2v) is 9.11. The van der Waals surface area contributed by atoms with E-state index in [2.05, 4.69) is 23.1 Å². The number of aryl methyl sites for hydroxylation is 1. The lowest BCUT2D eigenvalue weighted by Crippen LogP contribution is -2.48. The Bertz CT molecular complexity index is 1040. The van der Waals surface area contributed by atoms with Crippen LogP contribution in [0, 0.1) is 5.41 Å². The summed E-state index contributed by atoms with van der Waals surface area (Å²) in [6.45, 7) is 3.93. The average molecular weight is 451 g/mol. The lowest BCUT2D eigenvalue weighted by Gasteiger charge is -2.31. The van der Waals surface area contributed by atoms with Gasteiger partial charge in [0.1, 0.15) is 5.84 Å². The van der Waals surface area contributed by atoms with E-state index in [4.69, 9.17) is 15.9 Å². The van der Waals surface area contributed by atoms with E-state index in [0.29, 0.717) is 6.61 Å². The molecule has 1 amide bonds. The van der Waals surface area contributed by atoms with Gasteiger partial charge in [0, 0.05) is 18.2 Å². The van der Waals surface area contributed by atoms with Crippen LogP contribution in [0.3, 0.4) is 0 Å². The smallest absolute Gasteiger partial charge is 0.320 e. The molecule has 2 aromatic rings. The molecule has 0 aliphatic carbocycles. The SMILES string of the molecule is CCOC(=O)CN1CCC[C@@H]1C(=O)N1CCC[C@@H]1CCc1ccc2ccc(C(=N)N)cc2c1. The number of hydrogen-bond donors (Lipinski definition) is 2. The van der Waals surface area contributed by atoms with Crippen LogP contribution >= 0.6 is 0 Å². The summed E-state index contributed by atoms with van der Waals surface area (Å²) in [6.07, 6.45) is 5.62. The minimum Gasteiger partial charge on any atom is -0.465 e. The molecule has 7 nitrogen and oxygen atoms in total. The molecular weight excluding hydrogens is 416 g/mol. The molecule has 2 aliphatic rings. The number of likely N-dealkylation sites (tertiary alicyclic amines) is 2. The zero-order valence-electron chi connectivity index (χ0n) is 19.4. The van der Waals surface area contributed by atoms with Gasteiger partial charge in [-0.15, -0.1) is 0 Å². The van der Waals surface area contributed by atoms with Crippen molar-refractivity contribution in [2.45, 2.75) is 57.5 Å². The monoisotopic (exact) mass is 450 g/mol. The lowest BCUT2D eigenvalue weighted by atomic mass is 9.99. The largest absolute Gasteiger partial charge is 0.465 e. The van der Waals surface area contributed by atoms with Crippen molar-refractivity contribution in [3.8, 4) is 0 Å². The number of amides is 1. The summed E-state index contributed by atoms with van der Waals surface area (Å²) in [6, 6.07) is 12.3. The Kier molecular flexibility index (Phi) is 7.28. The van der Waals surface area contributed by atoms with E-state index in [-0.39, 0.29) is 36.3 Å². The Balaban J connectivity index is 1.40. The highest BCUT2D eigenvalue weighted by Gasteiger charge is 2.38. The fraction of sp³-hybridized carbons (Fsp3) is 0.500. The number of nitrogen functional groups attached to an aromatic ring is 1. The average Bonchev–Trinajstić information content (AvgIpc) is 3.46. The molecule has 0 aromatic heterocycles. The summed E-state index contributed by atoms with van der Waals surface area (Å²) in [5.74, 6) is -0.00496. The number of carbonyl (C=O) groups is 2. The van der Waals surface area contributed by atoms with E-state index >= 15 is 0 Å². The molecule has 0 bridgehead atoms. The minimum atomic E-state index is -0.251. The Labute approximate surface area is 195 Å². The second kappa shape index (κ2) is 10.3. The summed E-state index contributed by atoms with van der Waals surface area (Å²) < 4.78 is 5.09. The molecule has 0 spiro atoms. The Hall–Kier alpha value is -2.93. The summed E-state index contributed by atoms with van der Waals surface area (Å²) >= 11 is 0. The van der Waals surface area contributed by atoms with Crippen LogP contribution in [0.1, 0.15) is 50.2 Å². The first kappa shape index (κ1) is 23.2. The third-order valence-electron chi connectivity index (χ3n) is 6.93. The first-order valence-electron chi connectivity index (χ1n) is 12.0. The van der Waals surface area contributed by atoms with Crippen LogP contribution in [0.25, 0.3) is 10.8 Å². The standard InChI is InChI=1S/C26H34N4O3/c1-2-33-24(31)17-29-13-4-6-23(29)26(32)30-14-3-5-22(30)12-8-18-7-9-19-10-11-20(25(27)28)16-21(19)15-18/h7,9-11,15-16,22-23H,2-6,8,12-14,17H2,1H3,(H3,27,28)/t22-,23-/m1/s1. The van der Waals surface area contributed by atoms with Crippen LogP contribution < -0.4 is 5.73 Å². The van der Waals surface area contributed by atoms with Crippen molar-refractivity contribution in [2.24, 2.45) is 5.73 Å². The maximum atomic E-state index is 13.4. The zero-order chi connectivity index (χ0) is 23.4. The molecule has 33 heavy (non-hydrogen) atoms. The van der Waals surface area contributed by atoms with Gasteiger partial charge in [0.2, 0.25) is 5.91 Å². The van der Waals surface area contributed by atoms with Gasteiger partial charge >= 0.3 is 5.97 Å². The van der Waals surface area contributed by atoms with Gasteiger partial charge in [-0.2, -0.15) is 0 Å². The Morgan fingerprint density at radius 1 is 1.09 bits per heavy atom. The van der Waals surface area contributed by atoms with Crippen molar-refractivity contribution in [2.75, 3.05) is 26.2 Å². The van der Waals surface area contributed by atoms with Crippen LogP contribution in [0.5, 0.6) is 0 Å². The first-order chi connectivity index (χ1) is 16.0. The van der Waals surface area contributed by atoms with E-state index in [1.54, 1.807) is 6.92 Å². The number of hydrogen-bond acceptors (Lipinski definition) is 5. The number of nitrogens with zero attached hydrogens (tertiary/aromatic N) is 2. The van der Waals surface area contributed by atoms with E-state index in [1.807, 2.05) is 23.1 Å². The number of esters is 1. The molecule has 2 aromatic carbocycles. The highest BCUT2D eigenvalue weighted by atomic mass is 16.5. The van der Waals surface area contributed by atoms with Gasteiger partial charge in [0.15, 0.2) is 0 Å². The van der Waals surface area contributed by atoms with Crippen molar-refractivity contribution >= 4 is 28.5 Å². The third kappa shape index (κ3) is 5.36. The van der Waals surface area contributed by atoms with Crippen molar-refractivity contribution in [3.05, 3.63) is 47.5 Å². The summed E-state index contributed by atoms with van der Waals surface area (Å²) in [5.41, 5.74) is 7.61. The topological polar surface area (TPSA) is 99.7 Å². The van der Waals surface area contributed by atoms with Crippen LogP contribution in [-0.4, -0.2) is 65.8 Å². The molecule has 2 fully saturated rings. The zero-order valence-corrected chi connectivity index (χ0v) is 19.4. The number of ether oxygens (including phenoxy) is 1. The molecule has 2 heterocycles. The number of carbonyl (C=O) groups excluding carboxylic acids is 2. The van der Waals surface area contributed by atoms with Crippen molar-refractivity contribution < 1.29 is 14.3 Å². The number of rotatable bonds is 8. The minimum absolute atomic E-state index is 0.0753. The molecule has 0 radical (unpaired) electrons. The van der Waals surface area contributed by atoms with E-state index in [9.17, 15) is 9.59 Å². The molecule has 4 rings (SSSR count). The third-order valence-corrected chi connectivity index (χ3v) is 6.93. The Morgan fingerprint density at radius 3 is 2.67 bits per heavy atom. The maximum Gasteiger partial charge on any atom is 0.320 e. The summed E-state index contributed by atoms with van der Waals surface area (Å²) in [5, 5.41) is 9.89.